The van der Waals surface area contributed by atoms with Gasteiger partial charge in [-0.2, -0.15) is 0 Å². The highest BCUT2D eigenvalue weighted by Gasteiger charge is 2.16. The van der Waals surface area contributed by atoms with Crippen LogP contribution in [-0.2, 0) is 0 Å². The molecule has 0 radical (unpaired) electrons. The number of nitrogens with one attached hydrogen (secondary N) is 2. The maximum Gasteiger partial charge on any atom is 0.159 e. The highest BCUT2D eigenvalue weighted by molar-refractivity contribution is 6.31. The van der Waals surface area contributed by atoms with Crippen LogP contribution in [0, 0.1) is 6.92 Å². The molecule has 1 aliphatic rings. The van der Waals surface area contributed by atoms with E-state index in [1.807, 2.05) is 25.1 Å². The van der Waals surface area contributed by atoms with E-state index in [-0.39, 0.29) is 0 Å². The van der Waals surface area contributed by atoms with Crippen LogP contribution in [0.1, 0.15) is 37.7 Å². The first kappa shape index (κ1) is 15.9. The van der Waals surface area contributed by atoms with Crippen molar-refractivity contribution in [1.82, 2.24) is 9.97 Å². The summed E-state index contributed by atoms with van der Waals surface area (Å²) in [4.78, 5) is 8.54. The molecule has 3 rings (SSSR count). The lowest BCUT2D eigenvalue weighted by Crippen LogP contribution is -2.23. The quantitative estimate of drug-likeness (QED) is 0.768. The molecule has 0 spiro atoms. The molecule has 4 N–H and O–H groups in total. The summed E-state index contributed by atoms with van der Waals surface area (Å²) in [5.41, 5.74) is 8.66. The molecule has 0 saturated heterocycles. The van der Waals surface area contributed by atoms with E-state index >= 15 is 0 Å². The molecule has 5 nitrogen and oxygen atoms in total. The number of hydrogen-bond acceptors (Lipinski definition) is 5. The Kier molecular flexibility index (Phi) is 4.86. The fourth-order valence-electron chi connectivity index (χ4n) is 2.86. The molecule has 1 heterocycles. The molecule has 1 fully saturated rings. The van der Waals surface area contributed by atoms with E-state index in [2.05, 4.69) is 20.6 Å². The normalized spacial score (nSPS) is 15.4. The average Bonchev–Trinajstić information content (AvgIpc) is 2.56. The Morgan fingerprint density at radius 1 is 1.13 bits per heavy atom. The lowest BCUT2D eigenvalue weighted by molar-refractivity contribution is 0.462. The Morgan fingerprint density at radius 2 is 1.87 bits per heavy atom. The number of nitrogens with two attached hydrogens (primary N) is 1. The van der Waals surface area contributed by atoms with Crippen molar-refractivity contribution in [3.05, 3.63) is 35.1 Å². The number of rotatable bonds is 4. The summed E-state index contributed by atoms with van der Waals surface area (Å²) in [6.45, 7) is 1.97. The zero-order valence-corrected chi connectivity index (χ0v) is 14.0. The molecule has 1 aromatic heterocycles. The first-order valence-corrected chi connectivity index (χ1v) is 8.41. The van der Waals surface area contributed by atoms with Gasteiger partial charge < -0.3 is 16.4 Å². The van der Waals surface area contributed by atoms with E-state index in [0.717, 1.165) is 11.3 Å². The predicted octanol–water partition coefficient (Wildman–Crippen LogP) is 4.51. The topological polar surface area (TPSA) is 75.9 Å². The van der Waals surface area contributed by atoms with Gasteiger partial charge in [-0.05, 0) is 37.5 Å². The molecular weight excluding hydrogens is 310 g/mol. The van der Waals surface area contributed by atoms with Crippen molar-refractivity contribution in [2.75, 3.05) is 16.4 Å². The summed E-state index contributed by atoms with van der Waals surface area (Å²) < 4.78 is 0. The minimum atomic E-state index is 0.447. The summed E-state index contributed by atoms with van der Waals surface area (Å²) in [5.74, 6) is 1.30. The third kappa shape index (κ3) is 3.85. The van der Waals surface area contributed by atoms with Gasteiger partial charge in [0.15, 0.2) is 11.6 Å². The van der Waals surface area contributed by atoms with E-state index in [0.29, 0.717) is 28.4 Å². The highest BCUT2D eigenvalue weighted by atomic mass is 35.5. The van der Waals surface area contributed by atoms with Gasteiger partial charge >= 0.3 is 0 Å². The van der Waals surface area contributed by atoms with Gasteiger partial charge in [-0.1, -0.05) is 36.9 Å². The van der Waals surface area contributed by atoms with Crippen molar-refractivity contribution in [1.29, 1.82) is 0 Å². The van der Waals surface area contributed by atoms with Crippen LogP contribution in [0.25, 0.3) is 0 Å². The molecule has 0 amide bonds. The molecule has 1 aromatic carbocycles. The first-order valence-electron chi connectivity index (χ1n) is 8.03. The van der Waals surface area contributed by atoms with Crippen LogP contribution in [0.3, 0.4) is 0 Å². The Morgan fingerprint density at radius 3 is 2.61 bits per heavy atom. The largest absolute Gasteiger partial charge is 0.393 e. The molecule has 0 unspecified atom stereocenters. The predicted molar refractivity (Wildman–Crippen MR) is 96.4 cm³/mol. The van der Waals surface area contributed by atoms with Gasteiger partial charge in [0, 0.05) is 16.8 Å². The van der Waals surface area contributed by atoms with Crippen molar-refractivity contribution in [3.63, 3.8) is 0 Å². The second-order valence-electron chi connectivity index (χ2n) is 6.05. The second kappa shape index (κ2) is 7.04. The van der Waals surface area contributed by atoms with E-state index in [9.17, 15) is 0 Å². The Hall–Kier alpha value is -2.01. The van der Waals surface area contributed by atoms with Gasteiger partial charge in [-0.25, -0.2) is 9.97 Å². The Balaban J connectivity index is 1.77. The van der Waals surface area contributed by atoms with Crippen molar-refractivity contribution in [2.24, 2.45) is 0 Å². The van der Waals surface area contributed by atoms with Crippen molar-refractivity contribution in [3.8, 4) is 0 Å². The SMILES string of the molecule is Cc1ccc(Nc2ncnc(NC3CCCCC3)c2N)cc1Cl. The van der Waals surface area contributed by atoms with E-state index in [1.54, 1.807) is 0 Å². The highest BCUT2D eigenvalue weighted by Crippen LogP contribution is 2.29. The minimum absolute atomic E-state index is 0.447. The Bertz CT molecular complexity index is 683. The molecule has 6 heteroatoms. The first-order chi connectivity index (χ1) is 11.1. The minimum Gasteiger partial charge on any atom is -0.393 e. The van der Waals surface area contributed by atoms with Gasteiger partial charge in [0.1, 0.15) is 12.0 Å². The van der Waals surface area contributed by atoms with Crippen molar-refractivity contribution < 1.29 is 0 Å². The molecule has 122 valence electrons. The fraction of sp³-hybridized carbons (Fsp3) is 0.412. The number of nitrogens with zero attached hydrogens (tertiary/aromatic N) is 2. The number of benzene rings is 1. The summed E-state index contributed by atoms with van der Waals surface area (Å²) >= 11 is 6.16. The van der Waals surface area contributed by atoms with Crippen molar-refractivity contribution >= 4 is 34.6 Å². The van der Waals surface area contributed by atoms with Gasteiger partial charge in [0.05, 0.1) is 0 Å². The van der Waals surface area contributed by atoms with Crippen LogP contribution in [0.5, 0.6) is 0 Å². The van der Waals surface area contributed by atoms with Crippen LogP contribution in [0.15, 0.2) is 24.5 Å². The summed E-state index contributed by atoms with van der Waals surface area (Å²) in [6.07, 6.45) is 7.70. The second-order valence-corrected chi connectivity index (χ2v) is 6.46. The third-order valence-corrected chi connectivity index (χ3v) is 4.67. The van der Waals surface area contributed by atoms with Gasteiger partial charge in [-0.3, -0.25) is 0 Å². The molecule has 23 heavy (non-hydrogen) atoms. The smallest absolute Gasteiger partial charge is 0.159 e. The summed E-state index contributed by atoms with van der Waals surface area (Å²) in [6, 6.07) is 6.23. The average molecular weight is 332 g/mol. The molecule has 2 aromatic rings. The van der Waals surface area contributed by atoms with E-state index in [4.69, 9.17) is 17.3 Å². The molecule has 0 aliphatic heterocycles. The molecular formula is C17H22ClN5. The maximum atomic E-state index is 6.23. The number of anilines is 4. The van der Waals surface area contributed by atoms with Crippen LogP contribution < -0.4 is 16.4 Å². The van der Waals surface area contributed by atoms with Gasteiger partial charge in [0.2, 0.25) is 0 Å². The van der Waals surface area contributed by atoms with Gasteiger partial charge in [0.25, 0.3) is 0 Å². The summed E-state index contributed by atoms with van der Waals surface area (Å²) in [5, 5.41) is 7.38. The van der Waals surface area contributed by atoms with E-state index < -0.39 is 0 Å². The third-order valence-electron chi connectivity index (χ3n) is 4.26. The van der Waals surface area contributed by atoms with Gasteiger partial charge in [-0.15, -0.1) is 0 Å². The van der Waals surface area contributed by atoms with Crippen LogP contribution in [0.4, 0.5) is 23.0 Å². The Labute approximate surface area is 141 Å². The zero-order chi connectivity index (χ0) is 16.2. The number of aromatic nitrogens is 2. The van der Waals surface area contributed by atoms with Crippen LogP contribution in [0.2, 0.25) is 5.02 Å². The standard InChI is InChI=1S/C17H22ClN5/c1-11-7-8-13(9-14(11)18)23-17-15(19)16(20-10-21-17)22-12-5-3-2-4-6-12/h7-10,12H,2-6,19H2,1H3,(H2,20,21,22,23). The fourth-order valence-corrected chi connectivity index (χ4v) is 3.04. The summed E-state index contributed by atoms with van der Waals surface area (Å²) in [7, 11) is 0. The molecule has 1 aliphatic carbocycles. The molecule has 0 atom stereocenters. The number of aryl methyl sites for hydroxylation is 1. The monoisotopic (exact) mass is 331 g/mol. The zero-order valence-electron chi connectivity index (χ0n) is 13.3. The lowest BCUT2D eigenvalue weighted by Gasteiger charge is -2.24. The molecule has 0 bridgehead atoms. The maximum absolute atomic E-state index is 6.23. The van der Waals surface area contributed by atoms with Crippen molar-refractivity contribution in [2.45, 2.75) is 45.1 Å². The number of halogens is 1. The van der Waals surface area contributed by atoms with Crippen LogP contribution in [-0.4, -0.2) is 16.0 Å². The van der Waals surface area contributed by atoms with Crippen LogP contribution >= 0.6 is 11.6 Å². The van der Waals surface area contributed by atoms with E-state index in [1.165, 1.54) is 38.4 Å². The number of nitrogen functional groups attached to an aromatic ring is 1. The lowest BCUT2D eigenvalue weighted by atomic mass is 9.95. The molecule has 1 saturated carbocycles. The number of hydrogen-bond donors (Lipinski definition) is 3.